The SMILES string of the molecule is CCCCN1CCCC(NC)C1. The van der Waals surface area contributed by atoms with E-state index in [-0.39, 0.29) is 0 Å². The van der Waals surface area contributed by atoms with Crippen LogP contribution in [-0.2, 0) is 0 Å². The predicted molar refractivity (Wildman–Crippen MR) is 53.4 cm³/mol. The number of likely N-dealkylation sites (N-methyl/N-ethyl adjacent to an activating group) is 1. The number of hydrogen-bond acceptors (Lipinski definition) is 2. The van der Waals surface area contributed by atoms with Crippen molar-refractivity contribution >= 4 is 0 Å². The highest BCUT2D eigenvalue weighted by Crippen LogP contribution is 2.10. The zero-order valence-electron chi connectivity index (χ0n) is 8.47. The molecule has 0 aromatic rings. The third-order valence-electron chi connectivity index (χ3n) is 2.74. The minimum atomic E-state index is 0.746. The molecule has 1 unspecified atom stereocenters. The van der Waals surface area contributed by atoms with Crippen molar-refractivity contribution in [1.29, 1.82) is 0 Å². The van der Waals surface area contributed by atoms with Gasteiger partial charge in [-0.2, -0.15) is 0 Å². The van der Waals surface area contributed by atoms with Crippen molar-refractivity contribution in [2.45, 2.75) is 38.6 Å². The van der Waals surface area contributed by atoms with Gasteiger partial charge in [0.15, 0.2) is 0 Å². The van der Waals surface area contributed by atoms with Gasteiger partial charge in [0.05, 0.1) is 0 Å². The number of rotatable bonds is 4. The van der Waals surface area contributed by atoms with Crippen molar-refractivity contribution in [3.63, 3.8) is 0 Å². The van der Waals surface area contributed by atoms with Crippen LogP contribution < -0.4 is 5.32 Å². The van der Waals surface area contributed by atoms with Gasteiger partial charge in [0.1, 0.15) is 0 Å². The fourth-order valence-electron chi connectivity index (χ4n) is 1.88. The van der Waals surface area contributed by atoms with E-state index in [4.69, 9.17) is 0 Å². The number of nitrogens with one attached hydrogen (secondary N) is 1. The first-order valence-electron chi connectivity index (χ1n) is 5.26. The van der Waals surface area contributed by atoms with Gasteiger partial charge in [-0.25, -0.2) is 0 Å². The van der Waals surface area contributed by atoms with Crippen LogP contribution in [0.5, 0.6) is 0 Å². The van der Waals surface area contributed by atoms with Crippen LogP contribution in [0.1, 0.15) is 32.6 Å². The molecular formula is C10H22N2. The zero-order valence-corrected chi connectivity index (χ0v) is 8.47. The molecule has 2 nitrogen and oxygen atoms in total. The molecule has 0 radical (unpaired) electrons. The van der Waals surface area contributed by atoms with Crippen molar-refractivity contribution in [2.75, 3.05) is 26.7 Å². The van der Waals surface area contributed by atoms with Crippen LogP contribution in [0, 0.1) is 0 Å². The van der Waals surface area contributed by atoms with Gasteiger partial charge in [0, 0.05) is 12.6 Å². The smallest absolute Gasteiger partial charge is 0.0192 e. The van der Waals surface area contributed by atoms with Crippen molar-refractivity contribution in [3.05, 3.63) is 0 Å². The number of hydrogen-bond donors (Lipinski definition) is 1. The van der Waals surface area contributed by atoms with Crippen LogP contribution in [0.4, 0.5) is 0 Å². The topological polar surface area (TPSA) is 15.3 Å². The summed E-state index contributed by atoms with van der Waals surface area (Å²) in [5.74, 6) is 0. The van der Waals surface area contributed by atoms with Gasteiger partial charge in [-0.1, -0.05) is 13.3 Å². The maximum absolute atomic E-state index is 3.37. The molecule has 1 heterocycles. The Bertz CT molecular complexity index is 114. The molecule has 0 bridgehead atoms. The summed E-state index contributed by atoms with van der Waals surface area (Å²) in [6.45, 7) is 6.14. The number of likely N-dealkylation sites (tertiary alicyclic amines) is 1. The number of nitrogens with zero attached hydrogens (tertiary/aromatic N) is 1. The Balaban J connectivity index is 2.16. The highest BCUT2D eigenvalue weighted by atomic mass is 15.2. The third-order valence-corrected chi connectivity index (χ3v) is 2.74. The molecule has 2 heteroatoms. The standard InChI is InChI=1S/C10H22N2/c1-3-4-7-12-8-5-6-10(9-12)11-2/h10-11H,3-9H2,1-2H3. The van der Waals surface area contributed by atoms with Gasteiger partial charge in [0.2, 0.25) is 0 Å². The monoisotopic (exact) mass is 170 g/mol. The van der Waals surface area contributed by atoms with Crippen molar-refractivity contribution < 1.29 is 0 Å². The van der Waals surface area contributed by atoms with Crippen molar-refractivity contribution in [1.82, 2.24) is 10.2 Å². The Morgan fingerprint density at radius 2 is 2.33 bits per heavy atom. The van der Waals surface area contributed by atoms with Crippen LogP contribution in [-0.4, -0.2) is 37.6 Å². The highest BCUT2D eigenvalue weighted by molar-refractivity contribution is 4.76. The summed E-state index contributed by atoms with van der Waals surface area (Å²) in [4.78, 5) is 2.59. The van der Waals surface area contributed by atoms with E-state index in [2.05, 4.69) is 24.2 Å². The minimum absolute atomic E-state index is 0.746. The Labute approximate surface area is 76.3 Å². The summed E-state index contributed by atoms with van der Waals surface area (Å²) in [5, 5.41) is 3.37. The van der Waals surface area contributed by atoms with E-state index < -0.39 is 0 Å². The molecule has 0 aromatic heterocycles. The summed E-state index contributed by atoms with van der Waals surface area (Å²) >= 11 is 0. The maximum atomic E-state index is 3.37. The molecule has 72 valence electrons. The van der Waals surface area contributed by atoms with Crippen LogP contribution in [0.25, 0.3) is 0 Å². The minimum Gasteiger partial charge on any atom is -0.316 e. The van der Waals surface area contributed by atoms with E-state index in [1.54, 1.807) is 0 Å². The molecule has 1 fully saturated rings. The van der Waals surface area contributed by atoms with Gasteiger partial charge in [0.25, 0.3) is 0 Å². The van der Waals surface area contributed by atoms with Gasteiger partial charge < -0.3 is 10.2 Å². The molecule has 1 saturated heterocycles. The van der Waals surface area contributed by atoms with Crippen molar-refractivity contribution in [3.8, 4) is 0 Å². The average molecular weight is 170 g/mol. The fourth-order valence-corrected chi connectivity index (χ4v) is 1.88. The van der Waals surface area contributed by atoms with Crippen LogP contribution in [0.3, 0.4) is 0 Å². The summed E-state index contributed by atoms with van der Waals surface area (Å²) in [7, 11) is 2.08. The van der Waals surface area contributed by atoms with E-state index in [0.717, 1.165) is 6.04 Å². The van der Waals surface area contributed by atoms with E-state index in [9.17, 15) is 0 Å². The third kappa shape index (κ3) is 3.11. The average Bonchev–Trinajstić information content (AvgIpc) is 2.15. The Morgan fingerprint density at radius 3 is 3.00 bits per heavy atom. The van der Waals surface area contributed by atoms with Crippen LogP contribution in [0.2, 0.25) is 0 Å². The second-order valence-corrected chi connectivity index (χ2v) is 3.78. The fraction of sp³-hybridized carbons (Fsp3) is 1.00. The molecular weight excluding hydrogens is 148 g/mol. The Hall–Kier alpha value is -0.0800. The summed E-state index contributed by atoms with van der Waals surface area (Å²) in [6.07, 6.45) is 5.41. The van der Waals surface area contributed by atoms with E-state index >= 15 is 0 Å². The predicted octanol–water partition coefficient (Wildman–Crippen LogP) is 1.47. The van der Waals surface area contributed by atoms with Gasteiger partial charge in [-0.3, -0.25) is 0 Å². The van der Waals surface area contributed by atoms with E-state index in [1.807, 2.05) is 0 Å². The lowest BCUT2D eigenvalue weighted by molar-refractivity contribution is 0.193. The van der Waals surface area contributed by atoms with E-state index in [1.165, 1.54) is 45.3 Å². The van der Waals surface area contributed by atoms with Crippen LogP contribution in [0.15, 0.2) is 0 Å². The summed E-state index contributed by atoms with van der Waals surface area (Å²) in [5.41, 5.74) is 0. The second kappa shape index (κ2) is 5.55. The zero-order chi connectivity index (χ0) is 8.81. The Kier molecular flexibility index (Phi) is 4.62. The molecule has 1 aliphatic heterocycles. The van der Waals surface area contributed by atoms with Crippen molar-refractivity contribution in [2.24, 2.45) is 0 Å². The Morgan fingerprint density at radius 1 is 1.50 bits per heavy atom. The normalized spacial score (nSPS) is 26.0. The van der Waals surface area contributed by atoms with Crippen LogP contribution >= 0.6 is 0 Å². The first-order valence-corrected chi connectivity index (χ1v) is 5.26. The molecule has 1 rings (SSSR count). The lowest BCUT2D eigenvalue weighted by Crippen LogP contribution is -2.44. The van der Waals surface area contributed by atoms with E-state index in [0.29, 0.717) is 0 Å². The molecule has 0 amide bonds. The molecule has 0 spiro atoms. The molecule has 0 aromatic carbocycles. The van der Waals surface area contributed by atoms with Gasteiger partial charge in [-0.15, -0.1) is 0 Å². The molecule has 12 heavy (non-hydrogen) atoms. The largest absolute Gasteiger partial charge is 0.316 e. The van der Waals surface area contributed by atoms with Gasteiger partial charge in [-0.05, 0) is 39.4 Å². The summed E-state index contributed by atoms with van der Waals surface area (Å²) < 4.78 is 0. The molecule has 0 aliphatic carbocycles. The lowest BCUT2D eigenvalue weighted by Gasteiger charge is -2.32. The quantitative estimate of drug-likeness (QED) is 0.687. The summed E-state index contributed by atoms with van der Waals surface area (Å²) in [6, 6.07) is 0.746. The lowest BCUT2D eigenvalue weighted by atomic mass is 10.1. The molecule has 0 saturated carbocycles. The first-order chi connectivity index (χ1) is 5.86. The molecule has 1 atom stereocenters. The molecule has 1 N–H and O–H groups in total. The highest BCUT2D eigenvalue weighted by Gasteiger charge is 2.16. The maximum Gasteiger partial charge on any atom is 0.0192 e. The number of piperidine rings is 1. The molecule has 1 aliphatic rings. The number of unbranched alkanes of at least 4 members (excludes halogenated alkanes) is 1. The van der Waals surface area contributed by atoms with Gasteiger partial charge >= 0.3 is 0 Å². The first kappa shape index (κ1) is 10.0. The second-order valence-electron chi connectivity index (χ2n) is 3.78.